The van der Waals surface area contributed by atoms with Crippen LogP contribution in [0.3, 0.4) is 0 Å². The van der Waals surface area contributed by atoms with E-state index in [0.717, 1.165) is 54.9 Å². The zero-order chi connectivity index (χ0) is 28.6. The molecule has 6 nitrogen and oxygen atoms in total. The van der Waals surface area contributed by atoms with Gasteiger partial charge in [-0.3, -0.25) is 14.6 Å². The number of benzene rings is 3. The third-order valence-electron chi connectivity index (χ3n) is 9.33. The first-order chi connectivity index (χ1) is 19.7. The standard InChI is InChI=1S/C34H42FN5O/c1-24-19-38(13-12-36-24)20-26-6-4-8-28(14-26)32-16-25(10-11-33(32)35)18-37-34(41)29-9-5-7-27(15-29)21-39-22-31-17-30(39)23-40(31,2)3/h4-11,14-16,24,30-31,36H,12-13,17-23H2,1-3H3/p+1/t24-,30-,31-/m0/s1. The highest BCUT2D eigenvalue weighted by molar-refractivity contribution is 5.94. The fraction of sp³-hybridized carbons (Fsp3) is 0.441. The monoisotopic (exact) mass is 556 g/mol. The number of likely N-dealkylation sites (N-methyl/N-ethyl adjacent to an activating group) is 1. The fourth-order valence-electron chi connectivity index (χ4n) is 7.02. The SMILES string of the molecule is C[C@H]1CN(Cc2cccc(-c3cc(CNC(=O)c4cccc(CN5C[C@@H]6C[C@H]5C[N+]6(C)C)c4)ccc3F)c2)CCN1. The molecular formula is C34H43FN5O+. The van der Waals surface area contributed by atoms with Gasteiger partial charge in [-0.05, 0) is 59.5 Å². The molecule has 3 aromatic rings. The normalized spacial score (nSPS) is 24.0. The summed E-state index contributed by atoms with van der Waals surface area (Å²) in [6.07, 6.45) is 1.27. The molecule has 0 saturated carbocycles. The second-order valence-electron chi connectivity index (χ2n) is 12.9. The Bertz CT molecular complexity index is 1410. The van der Waals surface area contributed by atoms with Crippen LogP contribution in [0.5, 0.6) is 0 Å². The van der Waals surface area contributed by atoms with E-state index in [1.165, 1.54) is 30.2 Å². The van der Waals surface area contributed by atoms with Crippen LogP contribution in [0.4, 0.5) is 4.39 Å². The number of hydrogen-bond donors (Lipinski definition) is 2. The average Bonchev–Trinajstić information content (AvgIpc) is 3.48. The van der Waals surface area contributed by atoms with Gasteiger partial charge in [-0.2, -0.15) is 0 Å². The van der Waals surface area contributed by atoms with Gasteiger partial charge in [0.15, 0.2) is 0 Å². The van der Waals surface area contributed by atoms with Crippen LogP contribution >= 0.6 is 0 Å². The van der Waals surface area contributed by atoms with Crippen LogP contribution < -0.4 is 10.6 Å². The van der Waals surface area contributed by atoms with Crippen LogP contribution in [-0.4, -0.2) is 85.1 Å². The summed E-state index contributed by atoms with van der Waals surface area (Å²) in [4.78, 5) is 18.1. The summed E-state index contributed by atoms with van der Waals surface area (Å²) in [7, 11) is 4.67. The molecule has 3 fully saturated rings. The lowest BCUT2D eigenvalue weighted by Crippen LogP contribution is -2.54. The molecule has 3 aliphatic heterocycles. The Kier molecular flexibility index (Phi) is 7.97. The van der Waals surface area contributed by atoms with Gasteiger partial charge in [0.1, 0.15) is 11.9 Å². The summed E-state index contributed by atoms with van der Waals surface area (Å²) in [6.45, 7) is 9.62. The number of quaternary nitrogens is 1. The Morgan fingerprint density at radius 2 is 1.80 bits per heavy atom. The summed E-state index contributed by atoms with van der Waals surface area (Å²) in [5.74, 6) is -0.357. The molecule has 7 heteroatoms. The molecule has 0 radical (unpaired) electrons. The first kappa shape index (κ1) is 28.0. The molecular weight excluding hydrogens is 513 g/mol. The number of fused-ring (bicyclic) bond motifs is 2. The number of rotatable bonds is 8. The van der Waals surface area contributed by atoms with Gasteiger partial charge in [-0.15, -0.1) is 0 Å². The Balaban J connectivity index is 1.08. The Morgan fingerprint density at radius 3 is 2.56 bits per heavy atom. The zero-order valence-corrected chi connectivity index (χ0v) is 24.6. The van der Waals surface area contributed by atoms with E-state index in [9.17, 15) is 9.18 Å². The summed E-state index contributed by atoms with van der Waals surface area (Å²) in [5, 5.41) is 6.53. The molecule has 2 N–H and O–H groups in total. The van der Waals surface area contributed by atoms with E-state index in [1.54, 1.807) is 6.07 Å². The van der Waals surface area contributed by atoms with Crippen LogP contribution in [0.15, 0.2) is 66.7 Å². The van der Waals surface area contributed by atoms with Crippen LogP contribution in [-0.2, 0) is 19.6 Å². The molecule has 3 aromatic carbocycles. The van der Waals surface area contributed by atoms with Crippen molar-refractivity contribution >= 4 is 5.91 Å². The van der Waals surface area contributed by atoms with Crippen molar-refractivity contribution in [2.75, 3.05) is 46.8 Å². The maximum absolute atomic E-state index is 15.0. The summed E-state index contributed by atoms with van der Waals surface area (Å²) in [6, 6.07) is 23.1. The highest BCUT2D eigenvalue weighted by Gasteiger charge is 2.50. The van der Waals surface area contributed by atoms with Gasteiger partial charge < -0.3 is 15.1 Å². The van der Waals surface area contributed by atoms with E-state index in [-0.39, 0.29) is 11.7 Å². The predicted octanol–water partition coefficient (Wildman–Crippen LogP) is 4.25. The zero-order valence-electron chi connectivity index (χ0n) is 24.6. The molecule has 3 aliphatic rings. The number of nitrogens with one attached hydrogen (secondary N) is 2. The summed E-state index contributed by atoms with van der Waals surface area (Å²) < 4.78 is 16.1. The molecule has 41 heavy (non-hydrogen) atoms. The highest BCUT2D eigenvalue weighted by atomic mass is 19.1. The molecule has 3 saturated heterocycles. The molecule has 0 unspecified atom stereocenters. The lowest BCUT2D eigenvalue weighted by Gasteiger charge is -2.38. The smallest absolute Gasteiger partial charge is 0.251 e. The van der Waals surface area contributed by atoms with Crippen molar-refractivity contribution < 1.29 is 13.7 Å². The highest BCUT2D eigenvalue weighted by Crippen LogP contribution is 2.35. The van der Waals surface area contributed by atoms with Crippen LogP contribution in [0.2, 0.25) is 0 Å². The van der Waals surface area contributed by atoms with Crippen molar-refractivity contribution in [2.45, 2.75) is 51.1 Å². The Labute approximate surface area is 243 Å². The van der Waals surface area contributed by atoms with E-state index in [2.05, 4.69) is 59.7 Å². The number of piperazine rings is 2. The molecule has 3 atom stereocenters. The maximum atomic E-state index is 15.0. The average molecular weight is 557 g/mol. The van der Waals surface area contributed by atoms with Gasteiger partial charge in [-0.25, -0.2) is 4.39 Å². The lowest BCUT2D eigenvalue weighted by molar-refractivity contribution is -0.906. The largest absolute Gasteiger partial charge is 0.348 e. The van der Waals surface area contributed by atoms with E-state index >= 15 is 0 Å². The molecule has 6 rings (SSSR count). The molecule has 0 aliphatic carbocycles. The molecule has 1 amide bonds. The van der Waals surface area contributed by atoms with Gasteiger partial charge >= 0.3 is 0 Å². The quantitative estimate of drug-likeness (QED) is 0.408. The lowest BCUT2D eigenvalue weighted by atomic mass is 10.00. The number of halogens is 1. The first-order valence-corrected chi connectivity index (χ1v) is 15.0. The minimum Gasteiger partial charge on any atom is -0.348 e. The number of amides is 1. The molecule has 216 valence electrons. The van der Waals surface area contributed by atoms with Crippen molar-refractivity contribution in [1.82, 2.24) is 20.4 Å². The number of carbonyl (C=O) groups is 1. The topological polar surface area (TPSA) is 47.6 Å². The Morgan fingerprint density at radius 1 is 1.00 bits per heavy atom. The minimum atomic E-state index is -0.251. The minimum absolute atomic E-state index is 0.106. The van der Waals surface area contributed by atoms with Gasteiger partial charge in [-0.1, -0.05) is 36.4 Å². The van der Waals surface area contributed by atoms with Crippen molar-refractivity contribution in [3.05, 3.63) is 94.8 Å². The van der Waals surface area contributed by atoms with E-state index in [1.807, 2.05) is 36.4 Å². The number of nitrogens with zero attached hydrogens (tertiary/aromatic N) is 3. The van der Waals surface area contributed by atoms with E-state index in [0.29, 0.717) is 35.8 Å². The second-order valence-corrected chi connectivity index (χ2v) is 12.9. The van der Waals surface area contributed by atoms with Gasteiger partial charge in [0.05, 0.1) is 33.2 Å². The van der Waals surface area contributed by atoms with E-state index < -0.39 is 0 Å². The van der Waals surface area contributed by atoms with Crippen molar-refractivity contribution in [2.24, 2.45) is 0 Å². The van der Waals surface area contributed by atoms with Gasteiger partial charge in [0.2, 0.25) is 0 Å². The number of carbonyl (C=O) groups excluding carboxylic acids is 1. The number of likely N-dealkylation sites (tertiary alicyclic amines) is 2. The van der Waals surface area contributed by atoms with Crippen molar-refractivity contribution in [1.29, 1.82) is 0 Å². The third kappa shape index (κ3) is 6.38. The van der Waals surface area contributed by atoms with Crippen LogP contribution in [0, 0.1) is 5.82 Å². The van der Waals surface area contributed by atoms with Gasteiger partial charge in [0, 0.05) is 62.9 Å². The first-order valence-electron chi connectivity index (χ1n) is 15.0. The molecule has 2 bridgehead atoms. The van der Waals surface area contributed by atoms with Crippen LogP contribution in [0.25, 0.3) is 11.1 Å². The summed E-state index contributed by atoms with van der Waals surface area (Å²) >= 11 is 0. The van der Waals surface area contributed by atoms with E-state index in [4.69, 9.17) is 0 Å². The van der Waals surface area contributed by atoms with Crippen molar-refractivity contribution in [3.8, 4) is 11.1 Å². The molecule has 3 heterocycles. The van der Waals surface area contributed by atoms with Crippen molar-refractivity contribution in [3.63, 3.8) is 0 Å². The maximum Gasteiger partial charge on any atom is 0.251 e. The predicted molar refractivity (Wildman–Crippen MR) is 162 cm³/mol. The third-order valence-corrected chi connectivity index (χ3v) is 9.33. The fourth-order valence-corrected chi connectivity index (χ4v) is 7.02. The number of hydrogen-bond acceptors (Lipinski definition) is 4. The van der Waals surface area contributed by atoms with Gasteiger partial charge in [0.25, 0.3) is 5.91 Å². The summed E-state index contributed by atoms with van der Waals surface area (Å²) in [5.41, 5.74) is 5.33. The van der Waals surface area contributed by atoms with Crippen LogP contribution in [0.1, 0.15) is 40.4 Å². The Hall–Kier alpha value is -3.10. The molecule has 0 aromatic heterocycles. The molecule has 0 spiro atoms. The second kappa shape index (κ2) is 11.6.